The van der Waals surface area contributed by atoms with Crippen molar-refractivity contribution in [2.24, 2.45) is 5.92 Å². The van der Waals surface area contributed by atoms with Gasteiger partial charge in [-0.3, -0.25) is 0 Å². The van der Waals surface area contributed by atoms with E-state index in [0.29, 0.717) is 5.92 Å². The molecular weight excluding hydrogens is 245 g/mol. The van der Waals surface area contributed by atoms with E-state index in [1.54, 1.807) is 0 Å². The Hall–Kier alpha value is -1.37. The van der Waals surface area contributed by atoms with E-state index < -0.39 is 11.9 Å². The second-order valence-corrected chi connectivity index (χ2v) is 4.71. The summed E-state index contributed by atoms with van der Waals surface area (Å²) in [5.74, 6) is 0.698. The van der Waals surface area contributed by atoms with E-state index in [2.05, 4.69) is 15.3 Å². The van der Waals surface area contributed by atoms with E-state index in [9.17, 15) is 13.2 Å². The van der Waals surface area contributed by atoms with Crippen molar-refractivity contribution in [1.82, 2.24) is 15.3 Å². The van der Waals surface area contributed by atoms with Crippen LogP contribution in [0.2, 0.25) is 0 Å². The Morgan fingerprint density at radius 2 is 2.17 bits per heavy atom. The van der Waals surface area contributed by atoms with Gasteiger partial charge >= 0.3 is 6.18 Å². The summed E-state index contributed by atoms with van der Waals surface area (Å²) in [6.07, 6.45) is -2.25. The first kappa shape index (κ1) is 11.7. The fourth-order valence-electron chi connectivity index (χ4n) is 2.74. The van der Waals surface area contributed by atoms with E-state index in [1.165, 1.54) is 6.20 Å². The van der Waals surface area contributed by atoms with Gasteiger partial charge in [0.15, 0.2) is 0 Å². The topological polar surface area (TPSA) is 41.1 Å². The summed E-state index contributed by atoms with van der Waals surface area (Å²) in [4.78, 5) is 9.52. The molecule has 0 aliphatic carbocycles. The maximum Gasteiger partial charge on any atom is 0.433 e. The number of hydrogen-bond donors (Lipinski definition) is 1. The predicted octanol–water partition coefficient (Wildman–Crippen LogP) is 1.29. The first-order valence-corrected chi connectivity index (χ1v) is 5.93. The largest absolute Gasteiger partial charge is 0.433 e. The third-order valence-electron chi connectivity index (χ3n) is 3.64. The van der Waals surface area contributed by atoms with Gasteiger partial charge in [0.2, 0.25) is 5.95 Å². The zero-order valence-electron chi connectivity index (χ0n) is 9.61. The second-order valence-electron chi connectivity index (χ2n) is 4.71. The summed E-state index contributed by atoms with van der Waals surface area (Å²) in [7, 11) is 0. The second kappa shape index (κ2) is 4.08. The van der Waals surface area contributed by atoms with E-state index in [4.69, 9.17) is 0 Å². The molecule has 0 aromatic carbocycles. The lowest BCUT2D eigenvalue weighted by molar-refractivity contribution is -0.141. The molecule has 1 N–H and O–H groups in total. The molecule has 0 saturated carbocycles. The zero-order chi connectivity index (χ0) is 12.8. The molecule has 2 saturated heterocycles. The van der Waals surface area contributed by atoms with Crippen LogP contribution in [0.15, 0.2) is 12.3 Å². The van der Waals surface area contributed by atoms with Crippen LogP contribution in [-0.2, 0) is 6.18 Å². The van der Waals surface area contributed by atoms with Gasteiger partial charge in [0.05, 0.1) is 0 Å². The lowest BCUT2D eigenvalue weighted by Gasteiger charge is -2.23. The molecule has 1 aromatic heterocycles. The Bertz CT molecular complexity index is 448. The first-order chi connectivity index (χ1) is 8.55. The average molecular weight is 258 g/mol. The van der Waals surface area contributed by atoms with Crippen molar-refractivity contribution < 1.29 is 13.2 Å². The average Bonchev–Trinajstić information content (AvgIpc) is 2.89. The monoisotopic (exact) mass is 258 g/mol. The Balaban J connectivity index is 1.88. The van der Waals surface area contributed by atoms with Crippen molar-refractivity contribution in [1.29, 1.82) is 0 Å². The van der Waals surface area contributed by atoms with Crippen LogP contribution in [0.25, 0.3) is 0 Å². The minimum Gasteiger partial charge on any atom is -0.336 e. The predicted molar refractivity (Wildman–Crippen MR) is 59.1 cm³/mol. The van der Waals surface area contributed by atoms with Gasteiger partial charge in [-0.2, -0.15) is 13.2 Å². The summed E-state index contributed by atoms with van der Waals surface area (Å²) in [6.45, 7) is 2.46. The summed E-state index contributed by atoms with van der Waals surface area (Å²) < 4.78 is 37.8. The Kier molecular flexibility index (Phi) is 2.65. The third-order valence-corrected chi connectivity index (χ3v) is 3.64. The molecule has 0 amide bonds. The number of fused-ring (bicyclic) bond motifs is 1. The molecule has 3 heterocycles. The fraction of sp³-hybridized carbons (Fsp3) is 0.636. The van der Waals surface area contributed by atoms with Crippen LogP contribution in [0.4, 0.5) is 19.1 Å². The van der Waals surface area contributed by atoms with E-state index >= 15 is 0 Å². The highest BCUT2D eigenvalue weighted by molar-refractivity contribution is 5.36. The SMILES string of the molecule is FC(F)(F)c1ccnc(N2CC[C@@H]3CNC[C@@H]32)n1. The van der Waals surface area contributed by atoms with Crippen LogP contribution >= 0.6 is 0 Å². The quantitative estimate of drug-likeness (QED) is 0.824. The van der Waals surface area contributed by atoms with Crippen molar-refractivity contribution in [3.8, 4) is 0 Å². The molecule has 7 heteroatoms. The standard InChI is InChI=1S/C11H13F3N4/c12-11(13,14)9-1-3-16-10(17-9)18-4-2-7-5-15-6-8(7)18/h1,3,7-8,15H,2,4-6H2/t7-,8+/m1/s1. The van der Waals surface area contributed by atoms with Gasteiger partial charge in [-0.1, -0.05) is 0 Å². The number of halogens is 3. The smallest absolute Gasteiger partial charge is 0.336 e. The zero-order valence-corrected chi connectivity index (χ0v) is 9.61. The Morgan fingerprint density at radius 1 is 1.33 bits per heavy atom. The molecule has 0 bridgehead atoms. The number of aromatic nitrogens is 2. The highest BCUT2D eigenvalue weighted by atomic mass is 19.4. The van der Waals surface area contributed by atoms with Gasteiger partial charge in [-0.25, -0.2) is 9.97 Å². The molecule has 3 rings (SSSR count). The number of anilines is 1. The molecule has 2 atom stereocenters. The van der Waals surface area contributed by atoms with Crippen molar-refractivity contribution in [3.05, 3.63) is 18.0 Å². The number of hydrogen-bond acceptors (Lipinski definition) is 4. The molecule has 0 unspecified atom stereocenters. The maximum absolute atomic E-state index is 12.6. The van der Waals surface area contributed by atoms with Crippen LogP contribution in [0, 0.1) is 5.92 Å². The van der Waals surface area contributed by atoms with Crippen LogP contribution in [0.3, 0.4) is 0 Å². The highest BCUT2D eigenvalue weighted by Crippen LogP contribution is 2.32. The molecule has 1 aromatic rings. The van der Waals surface area contributed by atoms with Crippen LogP contribution < -0.4 is 10.2 Å². The summed E-state index contributed by atoms with van der Waals surface area (Å²) in [6, 6.07) is 1.14. The molecular formula is C11H13F3N4. The first-order valence-electron chi connectivity index (χ1n) is 5.93. The third kappa shape index (κ3) is 1.92. The minimum absolute atomic E-state index is 0.195. The Labute approximate surface area is 102 Å². The summed E-state index contributed by atoms with van der Waals surface area (Å²) in [5, 5.41) is 3.25. The molecule has 2 aliphatic heterocycles. The van der Waals surface area contributed by atoms with Crippen molar-refractivity contribution in [2.45, 2.75) is 18.6 Å². The van der Waals surface area contributed by atoms with E-state index in [0.717, 1.165) is 32.1 Å². The summed E-state index contributed by atoms with van der Waals surface area (Å²) in [5.41, 5.74) is -0.873. The van der Waals surface area contributed by atoms with Gasteiger partial charge in [0.25, 0.3) is 0 Å². The van der Waals surface area contributed by atoms with Gasteiger partial charge in [-0.15, -0.1) is 0 Å². The lowest BCUT2D eigenvalue weighted by atomic mass is 10.1. The minimum atomic E-state index is -4.41. The highest BCUT2D eigenvalue weighted by Gasteiger charge is 2.40. The van der Waals surface area contributed by atoms with E-state index in [-0.39, 0.29) is 12.0 Å². The molecule has 4 nitrogen and oxygen atoms in total. The van der Waals surface area contributed by atoms with Crippen molar-refractivity contribution >= 4 is 5.95 Å². The number of nitrogens with one attached hydrogen (secondary N) is 1. The Morgan fingerprint density at radius 3 is 2.94 bits per heavy atom. The maximum atomic E-state index is 12.6. The molecule has 18 heavy (non-hydrogen) atoms. The van der Waals surface area contributed by atoms with E-state index in [1.807, 2.05) is 4.90 Å². The van der Waals surface area contributed by atoms with Crippen LogP contribution in [0.1, 0.15) is 12.1 Å². The van der Waals surface area contributed by atoms with Crippen molar-refractivity contribution in [2.75, 3.05) is 24.5 Å². The van der Waals surface area contributed by atoms with Crippen LogP contribution in [-0.4, -0.2) is 35.6 Å². The van der Waals surface area contributed by atoms with Crippen LogP contribution in [0.5, 0.6) is 0 Å². The molecule has 0 radical (unpaired) electrons. The number of nitrogens with zero attached hydrogens (tertiary/aromatic N) is 3. The number of rotatable bonds is 1. The molecule has 2 aliphatic rings. The van der Waals surface area contributed by atoms with Gasteiger partial charge in [-0.05, 0) is 18.4 Å². The fourth-order valence-corrected chi connectivity index (χ4v) is 2.74. The van der Waals surface area contributed by atoms with Gasteiger partial charge in [0.1, 0.15) is 5.69 Å². The van der Waals surface area contributed by atoms with Crippen molar-refractivity contribution in [3.63, 3.8) is 0 Å². The molecule has 98 valence electrons. The van der Waals surface area contributed by atoms with Gasteiger partial charge in [0, 0.05) is 31.9 Å². The lowest BCUT2D eigenvalue weighted by Crippen LogP contribution is -2.35. The summed E-state index contributed by atoms with van der Waals surface area (Å²) >= 11 is 0. The normalized spacial score (nSPS) is 27.6. The van der Waals surface area contributed by atoms with Gasteiger partial charge < -0.3 is 10.2 Å². The molecule has 0 spiro atoms. The molecule has 2 fully saturated rings. The number of alkyl halides is 3.